The van der Waals surface area contributed by atoms with Gasteiger partial charge >= 0.3 is 5.97 Å². The average Bonchev–Trinajstić information content (AvgIpc) is 2.33. The molecule has 0 unspecified atom stereocenters. The summed E-state index contributed by atoms with van der Waals surface area (Å²) in [6.45, 7) is 4.72. The van der Waals surface area contributed by atoms with E-state index in [1.165, 1.54) is 11.1 Å². The summed E-state index contributed by atoms with van der Waals surface area (Å²) in [5, 5.41) is 8.96. The summed E-state index contributed by atoms with van der Waals surface area (Å²) in [7, 11) is 0. The van der Waals surface area contributed by atoms with Crippen molar-refractivity contribution in [3.05, 3.63) is 33.8 Å². The van der Waals surface area contributed by atoms with Gasteiger partial charge in [-0.2, -0.15) is 0 Å². The highest BCUT2D eigenvalue weighted by atomic mass is 79.9. The number of hydrogen-bond acceptors (Lipinski definition) is 2. The molecule has 0 saturated carbocycles. The number of likely N-dealkylation sites (tertiary alicyclic amines) is 1. The number of carboxylic acids is 1. The van der Waals surface area contributed by atoms with Crippen LogP contribution in [-0.4, -0.2) is 29.1 Å². The Kier molecular flexibility index (Phi) is 4.40. The minimum absolute atomic E-state index is 0.150. The highest BCUT2D eigenvalue weighted by Gasteiger charge is 2.24. The van der Waals surface area contributed by atoms with Crippen molar-refractivity contribution in [2.24, 2.45) is 5.92 Å². The SMILES string of the molecule is Cc1ccc(CN2CCC(C(=O)O)CC2)c(Br)c1. The number of carboxylic acid groups (broad SMARTS) is 1. The lowest BCUT2D eigenvalue weighted by atomic mass is 9.97. The van der Waals surface area contributed by atoms with Crippen LogP contribution in [0.25, 0.3) is 0 Å². The van der Waals surface area contributed by atoms with Crippen LogP contribution in [0.15, 0.2) is 22.7 Å². The molecule has 0 spiro atoms. The molecule has 1 heterocycles. The van der Waals surface area contributed by atoms with E-state index in [2.05, 4.69) is 46.0 Å². The molecule has 0 radical (unpaired) electrons. The van der Waals surface area contributed by atoms with Crippen LogP contribution in [0.4, 0.5) is 0 Å². The Hall–Kier alpha value is -0.870. The Bertz CT molecular complexity index is 439. The standard InChI is InChI=1S/C14H18BrNO2/c1-10-2-3-12(13(15)8-10)9-16-6-4-11(5-7-16)14(17)18/h2-3,8,11H,4-7,9H2,1H3,(H,17,18). The highest BCUT2D eigenvalue weighted by Crippen LogP contribution is 2.23. The Balaban J connectivity index is 1.93. The van der Waals surface area contributed by atoms with Crippen LogP contribution in [0.2, 0.25) is 0 Å². The van der Waals surface area contributed by atoms with Gasteiger partial charge in [-0.25, -0.2) is 0 Å². The molecule has 0 aliphatic carbocycles. The lowest BCUT2D eigenvalue weighted by Gasteiger charge is -2.30. The van der Waals surface area contributed by atoms with Crippen molar-refractivity contribution in [1.82, 2.24) is 4.90 Å². The van der Waals surface area contributed by atoms with E-state index in [0.717, 1.165) is 36.9 Å². The van der Waals surface area contributed by atoms with E-state index >= 15 is 0 Å². The lowest BCUT2D eigenvalue weighted by molar-refractivity contribution is -0.143. The number of rotatable bonds is 3. The van der Waals surface area contributed by atoms with Gasteiger partial charge in [-0.05, 0) is 50.0 Å². The van der Waals surface area contributed by atoms with Crippen molar-refractivity contribution in [3.63, 3.8) is 0 Å². The van der Waals surface area contributed by atoms with Gasteiger partial charge in [0.1, 0.15) is 0 Å². The first-order valence-corrected chi connectivity index (χ1v) is 7.06. The fourth-order valence-corrected chi connectivity index (χ4v) is 2.98. The molecule has 0 atom stereocenters. The van der Waals surface area contributed by atoms with Crippen molar-refractivity contribution in [2.75, 3.05) is 13.1 Å². The molecular weight excluding hydrogens is 294 g/mol. The maximum Gasteiger partial charge on any atom is 0.306 e. The zero-order valence-electron chi connectivity index (χ0n) is 10.5. The minimum atomic E-state index is -0.647. The zero-order chi connectivity index (χ0) is 13.1. The molecule has 0 amide bonds. The fraction of sp³-hybridized carbons (Fsp3) is 0.500. The van der Waals surface area contributed by atoms with E-state index in [0.29, 0.717) is 0 Å². The van der Waals surface area contributed by atoms with Crippen LogP contribution in [0.5, 0.6) is 0 Å². The van der Waals surface area contributed by atoms with E-state index in [1.807, 2.05) is 0 Å². The molecule has 18 heavy (non-hydrogen) atoms. The summed E-state index contributed by atoms with van der Waals surface area (Å²) < 4.78 is 1.14. The van der Waals surface area contributed by atoms with Gasteiger partial charge in [0.05, 0.1) is 5.92 Å². The first kappa shape index (κ1) is 13.6. The molecule has 0 aromatic heterocycles. The Morgan fingerprint density at radius 3 is 2.67 bits per heavy atom. The molecular formula is C14H18BrNO2. The lowest BCUT2D eigenvalue weighted by Crippen LogP contribution is -2.35. The van der Waals surface area contributed by atoms with Crippen LogP contribution in [0, 0.1) is 12.8 Å². The van der Waals surface area contributed by atoms with E-state index in [9.17, 15) is 4.79 Å². The van der Waals surface area contributed by atoms with Crippen molar-refractivity contribution < 1.29 is 9.90 Å². The first-order valence-electron chi connectivity index (χ1n) is 6.26. The molecule has 2 rings (SSSR count). The van der Waals surface area contributed by atoms with Crippen LogP contribution >= 0.6 is 15.9 Å². The number of aryl methyl sites for hydroxylation is 1. The number of piperidine rings is 1. The van der Waals surface area contributed by atoms with Gasteiger partial charge in [-0.1, -0.05) is 28.1 Å². The maximum atomic E-state index is 10.9. The van der Waals surface area contributed by atoms with Crippen molar-refractivity contribution in [2.45, 2.75) is 26.3 Å². The van der Waals surface area contributed by atoms with E-state index in [-0.39, 0.29) is 5.92 Å². The minimum Gasteiger partial charge on any atom is -0.481 e. The first-order chi connectivity index (χ1) is 8.56. The molecule has 1 aromatic rings. The van der Waals surface area contributed by atoms with Crippen LogP contribution in [0.1, 0.15) is 24.0 Å². The summed E-state index contributed by atoms with van der Waals surface area (Å²) >= 11 is 3.59. The van der Waals surface area contributed by atoms with E-state index in [4.69, 9.17) is 5.11 Å². The molecule has 1 N–H and O–H groups in total. The second-order valence-electron chi connectivity index (χ2n) is 4.98. The summed E-state index contributed by atoms with van der Waals surface area (Å²) in [5.41, 5.74) is 2.52. The predicted octanol–water partition coefficient (Wildman–Crippen LogP) is 3.05. The number of hydrogen-bond donors (Lipinski definition) is 1. The normalized spacial score (nSPS) is 17.9. The third-order valence-corrected chi connectivity index (χ3v) is 4.28. The average molecular weight is 312 g/mol. The topological polar surface area (TPSA) is 40.5 Å². The molecule has 1 aliphatic rings. The summed E-state index contributed by atoms with van der Waals surface area (Å²) in [6.07, 6.45) is 1.53. The second-order valence-corrected chi connectivity index (χ2v) is 5.84. The summed E-state index contributed by atoms with van der Waals surface area (Å²) in [6, 6.07) is 6.38. The predicted molar refractivity (Wildman–Crippen MR) is 74.5 cm³/mol. The van der Waals surface area contributed by atoms with Gasteiger partial charge in [-0.3, -0.25) is 9.69 Å². The molecule has 98 valence electrons. The van der Waals surface area contributed by atoms with Crippen molar-refractivity contribution in [3.8, 4) is 0 Å². The zero-order valence-corrected chi connectivity index (χ0v) is 12.1. The monoisotopic (exact) mass is 311 g/mol. The Morgan fingerprint density at radius 2 is 2.11 bits per heavy atom. The highest BCUT2D eigenvalue weighted by molar-refractivity contribution is 9.10. The van der Waals surface area contributed by atoms with Gasteiger partial charge in [0.25, 0.3) is 0 Å². The number of halogens is 1. The molecule has 1 fully saturated rings. The van der Waals surface area contributed by atoms with Crippen LogP contribution < -0.4 is 0 Å². The smallest absolute Gasteiger partial charge is 0.306 e. The quantitative estimate of drug-likeness (QED) is 0.932. The number of aliphatic carboxylic acids is 1. The van der Waals surface area contributed by atoms with E-state index in [1.54, 1.807) is 0 Å². The Labute approximate surface area is 116 Å². The number of benzene rings is 1. The Morgan fingerprint density at radius 1 is 1.44 bits per heavy atom. The summed E-state index contributed by atoms with van der Waals surface area (Å²) in [5.74, 6) is -0.797. The van der Waals surface area contributed by atoms with Crippen LogP contribution in [-0.2, 0) is 11.3 Å². The summed E-state index contributed by atoms with van der Waals surface area (Å²) in [4.78, 5) is 13.2. The van der Waals surface area contributed by atoms with Gasteiger partial charge in [0.15, 0.2) is 0 Å². The molecule has 1 aromatic carbocycles. The second kappa shape index (κ2) is 5.85. The molecule has 3 nitrogen and oxygen atoms in total. The van der Waals surface area contributed by atoms with Crippen molar-refractivity contribution >= 4 is 21.9 Å². The molecule has 1 saturated heterocycles. The van der Waals surface area contributed by atoms with E-state index < -0.39 is 5.97 Å². The molecule has 4 heteroatoms. The van der Waals surface area contributed by atoms with Gasteiger partial charge < -0.3 is 5.11 Å². The van der Waals surface area contributed by atoms with Crippen molar-refractivity contribution in [1.29, 1.82) is 0 Å². The van der Waals surface area contributed by atoms with Crippen LogP contribution in [0.3, 0.4) is 0 Å². The van der Waals surface area contributed by atoms with Gasteiger partial charge in [-0.15, -0.1) is 0 Å². The largest absolute Gasteiger partial charge is 0.481 e. The van der Waals surface area contributed by atoms with Gasteiger partial charge in [0.2, 0.25) is 0 Å². The number of nitrogens with zero attached hydrogens (tertiary/aromatic N) is 1. The van der Waals surface area contributed by atoms with Gasteiger partial charge in [0, 0.05) is 11.0 Å². The molecule has 1 aliphatic heterocycles. The molecule has 0 bridgehead atoms. The third kappa shape index (κ3) is 3.33. The maximum absolute atomic E-state index is 10.9. The third-order valence-electron chi connectivity index (χ3n) is 3.54. The fourth-order valence-electron chi connectivity index (χ4n) is 2.36. The number of carbonyl (C=O) groups is 1.